The van der Waals surface area contributed by atoms with Crippen molar-refractivity contribution in [2.45, 2.75) is 31.9 Å². The molecule has 0 spiro atoms. The first-order chi connectivity index (χ1) is 15.4. The molecule has 0 aliphatic carbocycles. The Morgan fingerprint density at radius 2 is 2.06 bits per heavy atom. The minimum atomic E-state index is -0.619. The van der Waals surface area contributed by atoms with Crippen LogP contribution in [0, 0.1) is 23.1 Å². The highest BCUT2D eigenvalue weighted by molar-refractivity contribution is 5.80. The van der Waals surface area contributed by atoms with E-state index in [9.17, 15) is 13.6 Å². The molecule has 1 aliphatic rings. The van der Waals surface area contributed by atoms with E-state index in [1.165, 1.54) is 12.1 Å². The largest absolute Gasteiger partial charge is 0.446 e. The Balaban J connectivity index is 1.56. The number of amides is 1. The van der Waals surface area contributed by atoms with Gasteiger partial charge in [-0.2, -0.15) is 5.26 Å². The number of carbonyl (C=O) groups is 1. The zero-order valence-electron chi connectivity index (χ0n) is 17.9. The second-order valence-corrected chi connectivity index (χ2v) is 7.43. The molecule has 32 heavy (non-hydrogen) atoms. The van der Waals surface area contributed by atoms with Gasteiger partial charge in [-0.15, -0.1) is 0 Å². The van der Waals surface area contributed by atoms with Crippen molar-refractivity contribution >= 4 is 12.1 Å². The van der Waals surface area contributed by atoms with Crippen LogP contribution in [0.25, 0.3) is 11.1 Å². The maximum atomic E-state index is 14.0. The number of cyclic esters (lactones) is 1. The van der Waals surface area contributed by atoms with Crippen LogP contribution in [-0.4, -0.2) is 43.2 Å². The van der Waals surface area contributed by atoms with Crippen molar-refractivity contribution in [3.8, 4) is 17.3 Å². The molecule has 2 unspecified atom stereocenters. The molecule has 3 rings (SSSR count). The summed E-state index contributed by atoms with van der Waals surface area (Å²) in [5.74, 6) is -0.868. The molecule has 2 atom stereocenters. The smallest absolute Gasteiger partial charge is 0.410 e. The number of nitrogens with zero attached hydrogens (tertiary/aromatic N) is 3. The minimum Gasteiger partial charge on any atom is -0.446 e. The van der Waals surface area contributed by atoms with Gasteiger partial charge in [0.1, 0.15) is 17.7 Å². The van der Waals surface area contributed by atoms with Gasteiger partial charge in [-0.25, -0.2) is 13.6 Å². The third kappa shape index (κ3) is 5.52. The highest BCUT2D eigenvalue weighted by atomic mass is 19.1. The quantitative estimate of drug-likeness (QED) is 0.307. The molecule has 7 nitrogen and oxygen atoms in total. The van der Waals surface area contributed by atoms with Crippen molar-refractivity contribution in [2.75, 3.05) is 20.1 Å². The summed E-state index contributed by atoms with van der Waals surface area (Å²) in [5, 5.41) is 14.0. The molecule has 0 radical (unpaired) electrons. The van der Waals surface area contributed by atoms with E-state index < -0.39 is 11.6 Å². The van der Waals surface area contributed by atoms with Crippen LogP contribution >= 0.6 is 0 Å². The molecule has 2 N–H and O–H groups in total. The molecule has 1 heterocycles. The van der Waals surface area contributed by atoms with Crippen molar-refractivity contribution in [3.05, 3.63) is 59.7 Å². The molecule has 2 aromatic carbocycles. The molecule has 1 aliphatic heterocycles. The van der Waals surface area contributed by atoms with Crippen molar-refractivity contribution in [1.82, 2.24) is 15.5 Å². The molecule has 1 fully saturated rings. The number of hydrogen-bond donors (Lipinski definition) is 2. The van der Waals surface area contributed by atoms with Gasteiger partial charge in [-0.1, -0.05) is 24.3 Å². The number of rotatable bonds is 6. The lowest BCUT2D eigenvalue weighted by Crippen LogP contribution is -2.44. The molecule has 9 heteroatoms. The molecule has 1 saturated heterocycles. The fourth-order valence-electron chi connectivity index (χ4n) is 3.63. The van der Waals surface area contributed by atoms with Crippen molar-refractivity contribution < 1.29 is 18.3 Å². The standard InChI is InChI=1S/C23H25F2N5O2/c1-15(16-3-5-17(6-4-16)20-8-7-18(24)13-21(20)25)30-12-10-19(32-23(30)31)9-11-28-22(27-2)29-14-26/h3-8,13,15,19H,9-12H2,1-2H3,(H2,27,28,29). The molecule has 0 saturated carbocycles. The van der Waals surface area contributed by atoms with Gasteiger partial charge in [-0.05, 0) is 30.2 Å². The monoisotopic (exact) mass is 441 g/mol. The van der Waals surface area contributed by atoms with Crippen molar-refractivity contribution in [2.24, 2.45) is 4.99 Å². The first-order valence-electron chi connectivity index (χ1n) is 10.3. The van der Waals surface area contributed by atoms with E-state index in [2.05, 4.69) is 15.6 Å². The molecule has 0 aromatic heterocycles. The SMILES string of the molecule is CN=C(NC#N)NCCC1CCN(C(C)c2ccc(-c3ccc(F)cc3F)cc2)C(=O)O1. The predicted octanol–water partition coefficient (Wildman–Crippen LogP) is 3.94. The van der Waals surface area contributed by atoms with Gasteiger partial charge in [0.05, 0.1) is 6.04 Å². The second-order valence-electron chi connectivity index (χ2n) is 7.43. The molecule has 168 valence electrons. The summed E-state index contributed by atoms with van der Waals surface area (Å²) in [6.07, 6.45) is 2.47. The number of benzene rings is 2. The minimum absolute atomic E-state index is 0.215. The summed E-state index contributed by atoms with van der Waals surface area (Å²) in [6, 6.07) is 10.5. The van der Waals surface area contributed by atoms with Crippen LogP contribution in [0.2, 0.25) is 0 Å². The lowest BCUT2D eigenvalue weighted by Gasteiger charge is -2.36. The van der Waals surface area contributed by atoms with E-state index >= 15 is 0 Å². The van der Waals surface area contributed by atoms with Crippen LogP contribution in [0.4, 0.5) is 13.6 Å². The van der Waals surface area contributed by atoms with E-state index in [1.807, 2.05) is 19.1 Å². The Hall–Kier alpha value is -3.67. The first-order valence-corrected chi connectivity index (χ1v) is 10.3. The highest BCUT2D eigenvalue weighted by Gasteiger charge is 2.30. The Morgan fingerprint density at radius 3 is 2.69 bits per heavy atom. The number of guanidine groups is 1. The Bertz CT molecular complexity index is 1020. The maximum absolute atomic E-state index is 14.0. The van der Waals surface area contributed by atoms with Crippen LogP contribution in [0.5, 0.6) is 0 Å². The number of hydrogen-bond acceptors (Lipinski definition) is 4. The van der Waals surface area contributed by atoms with Gasteiger partial charge < -0.3 is 15.0 Å². The van der Waals surface area contributed by atoms with Crippen LogP contribution in [0.1, 0.15) is 31.4 Å². The summed E-state index contributed by atoms with van der Waals surface area (Å²) >= 11 is 0. The second kappa shape index (κ2) is 10.6. The average molecular weight is 441 g/mol. The average Bonchev–Trinajstić information content (AvgIpc) is 2.78. The summed E-state index contributed by atoms with van der Waals surface area (Å²) in [6.45, 7) is 2.97. The van der Waals surface area contributed by atoms with Crippen LogP contribution in [0.3, 0.4) is 0 Å². The molecule has 0 bridgehead atoms. The molecular formula is C23H25F2N5O2. The van der Waals surface area contributed by atoms with Crippen LogP contribution in [-0.2, 0) is 4.74 Å². The fraction of sp³-hybridized carbons (Fsp3) is 0.348. The number of aliphatic imine (C=N–C) groups is 1. The zero-order valence-corrected chi connectivity index (χ0v) is 17.9. The van der Waals surface area contributed by atoms with E-state index in [-0.39, 0.29) is 18.2 Å². The van der Waals surface area contributed by atoms with Crippen LogP contribution in [0.15, 0.2) is 47.5 Å². The summed E-state index contributed by atoms with van der Waals surface area (Å²) in [4.78, 5) is 18.1. The highest BCUT2D eigenvalue weighted by Crippen LogP contribution is 2.29. The Labute approximate surface area is 185 Å². The predicted molar refractivity (Wildman–Crippen MR) is 117 cm³/mol. The molecular weight excluding hydrogens is 416 g/mol. The number of halogens is 2. The fourth-order valence-corrected chi connectivity index (χ4v) is 3.63. The van der Waals surface area contributed by atoms with Crippen molar-refractivity contribution in [1.29, 1.82) is 5.26 Å². The lowest BCUT2D eigenvalue weighted by molar-refractivity contribution is 0.0106. The summed E-state index contributed by atoms with van der Waals surface area (Å²) in [5.41, 5.74) is 1.84. The number of ether oxygens (including phenoxy) is 1. The number of carbonyl (C=O) groups excluding carboxylic acids is 1. The van der Waals surface area contributed by atoms with E-state index in [0.717, 1.165) is 11.6 Å². The normalized spacial score (nSPS) is 17.3. The summed E-state index contributed by atoms with van der Waals surface area (Å²) in [7, 11) is 1.56. The van der Waals surface area contributed by atoms with E-state index in [4.69, 9.17) is 10.00 Å². The van der Waals surface area contributed by atoms with Gasteiger partial charge in [0.2, 0.25) is 5.96 Å². The Kier molecular flexibility index (Phi) is 7.60. The number of nitriles is 1. The lowest BCUT2D eigenvalue weighted by atomic mass is 10.00. The van der Waals surface area contributed by atoms with Crippen molar-refractivity contribution in [3.63, 3.8) is 0 Å². The number of nitrogens with one attached hydrogen (secondary N) is 2. The first kappa shape index (κ1) is 23.0. The van der Waals surface area contributed by atoms with E-state index in [0.29, 0.717) is 43.0 Å². The van der Waals surface area contributed by atoms with Gasteiger partial charge in [0.25, 0.3) is 0 Å². The molecule has 1 amide bonds. The maximum Gasteiger partial charge on any atom is 0.410 e. The third-order valence-corrected chi connectivity index (χ3v) is 5.45. The summed E-state index contributed by atoms with van der Waals surface area (Å²) < 4.78 is 32.7. The van der Waals surface area contributed by atoms with Gasteiger partial charge in [0.15, 0.2) is 6.19 Å². The van der Waals surface area contributed by atoms with Gasteiger partial charge >= 0.3 is 6.09 Å². The molecule has 2 aromatic rings. The van der Waals surface area contributed by atoms with Crippen LogP contribution < -0.4 is 10.6 Å². The topological polar surface area (TPSA) is 89.8 Å². The Morgan fingerprint density at radius 1 is 1.31 bits per heavy atom. The third-order valence-electron chi connectivity index (χ3n) is 5.45. The zero-order chi connectivity index (χ0) is 23.1. The van der Waals surface area contributed by atoms with E-state index in [1.54, 1.807) is 30.3 Å². The van der Waals surface area contributed by atoms with Gasteiger partial charge in [-0.3, -0.25) is 10.3 Å². The van der Waals surface area contributed by atoms with Gasteiger partial charge in [0, 0.05) is 44.6 Å².